The quantitative estimate of drug-likeness (QED) is 0.549. The topological polar surface area (TPSA) is 43.6 Å². The number of nitrogens with zero attached hydrogens (tertiary/aromatic N) is 2. The number of allylic oxidation sites excluding steroid dienone is 1. The molecule has 1 aliphatic rings. The zero-order valence-corrected chi connectivity index (χ0v) is 12.8. The molecule has 0 bridgehead atoms. The molecule has 0 N–H and O–H groups in total. The van der Waals surface area contributed by atoms with Gasteiger partial charge in [0.25, 0.3) is 0 Å². The van der Waals surface area contributed by atoms with Crippen LogP contribution in [0.3, 0.4) is 0 Å². The molecule has 0 amide bonds. The molecule has 0 fully saturated rings. The summed E-state index contributed by atoms with van der Waals surface area (Å²) in [4.78, 5) is 16.9. The summed E-state index contributed by atoms with van der Waals surface area (Å²) in [6.07, 6.45) is 6.21. The molecular formula is C19H16N2O2. The third kappa shape index (κ3) is 2.42. The maximum atomic E-state index is 12.4. The number of pyridine rings is 1. The fourth-order valence-electron chi connectivity index (χ4n) is 2.93. The lowest BCUT2D eigenvalue weighted by atomic mass is 10.0. The van der Waals surface area contributed by atoms with Crippen LogP contribution in [0.2, 0.25) is 0 Å². The van der Waals surface area contributed by atoms with E-state index in [1.54, 1.807) is 12.2 Å². The molecule has 0 atom stereocenters. The van der Waals surface area contributed by atoms with Gasteiger partial charge in [-0.3, -0.25) is 4.79 Å². The molecule has 2 aromatic heterocycles. The molecule has 1 aromatic carbocycles. The molecule has 0 saturated heterocycles. The van der Waals surface area contributed by atoms with E-state index in [4.69, 9.17) is 4.74 Å². The highest BCUT2D eigenvalue weighted by atomic mass is 16.5. The van der Waals surface area contributed by atoms with E-state index in [2.05, 4.69) is 4.98 Å². The fourth-order valence-corrected chi connectivity index (χ4v) is 2.93. The van der Waals surface area contributed by atoms with E-state index in [1.807, 2.05) is 53.9 Å². The summed E-state index contributed by atoms with van der Waals surface area (Å²) >= 11 is 0. The maximum absolute atomic E-state index is 12.4. The number of carbonyl (C=O) groups is 1. The van der Waals surface area contributed by atoms with Gasteiger partial charge in [-0.15, -0.1) is 0 Å². The lowest BCUT2D eigenvalue weighted by Crippen LogP contribution is -1.95. The number of ketones is 1. The molecule has 4 nitrogen and oxygen atoms in total. The van der Waals surface area contributed by atoms with Gasteiger partial charge in [0, 0.05) is 18.2 Å². The smallest absolute Gasteiger partial charge is 0.185 e. The van der Waals surface area contributed by atoms with Crippen molar-refractivity contribution in [3.05, 3.63) is 71.3 Å². The van der Waals surface area contributed by atoms with Crippen molar-refractivity contribution in [3.8, 4) is 5.75 Å². The standard InChI is InChI=1S/C19H16N2O2/c1-13-20-16(17-4-2-3-10-21(13)17)6-7-18(22)14-5-8-19-15(12-14)9-11-23-19/h2-8,10,12H,9,11H2,1H3. The Labute approximate surface area is 134 Å². The maximum Gasteiger partial charge on any atom is 0.185 e. The van der Waals surface area contributed by atoms with Crippen LogP contribution in [-0.2, 0) is 6.42 Å². The van der Waals surface area contributed by atoms with Crippen molar-refractivity contribution in [2.45, 2.75) is 13.3 Å². The zero-order chi connectivity index (χ0) is 15.8. The van der Waals surface area contributed by atoms with Crippen LogP contribution in [0.1, 0.15) is 27.4 Å². The van der Waals surface area contributed by atoms with Gasteiger partial charge in [-0.05, 0) is 55.0 Å². The van der Waals surface area contributed by atoms with E-state index in [1.165, 1.54) is 0 Å². The Hall–Kier alpha value is -2.88. The third-order valence-corrected chi connectivity index (χ3v) is 4.12. The van der Waals surface area contributed by atoms with Gasteiger partial charge in [0.15, 0.2) is 5.78 Å². The Morgan fingerprint density at radius 3 is 3.13 bits per heavy atom. The first-order valence-electron chi connectivity index (χ1n) is 7.64. The fraction of sp³-hybridized carbons (Fsp3) is 0.158. The van der Waals surface area contributed by atoms with Crippen molar-refractivity contribution >= 4 is 17.4 Å². The Morgan fingerprint density at radius 1 is 1.30 bits per heavy atom. The summed E-state index contributed by atoms with van der Waals surface area (Å²) in [5, 5.41) is 0. The van der Waals surface area contributed by atoms with E-state index in [9.17, 15) is 4.79 Å². The number of rotatable bonds is 3. The molecule has 0 saturated carbocycles. The van der Waals surface area contributed by atoms with Gasteiger partial charge in [0.1, 0.15) is 11.6 Å². The Bertz CT molecular complexity index is 938. The Morgan fingerprint density at radius 2 is 2.22 bits per heavy atom. The van der Waals surface area contributed by atoms with Crippen LogP contribution in [0.5, 0.6) is 5.75 Å². The number of imidazole rings is 1. The van der Waals surface area contributed by atoms with Crippen molar-refractivity contribution in [1.82, 2.24) is 9.38 Å². The normalized spacial score (nSPS) is 13.4. The molecule has 23 heavy (non-hydrogen) atoms. The summed E-state index contributed by atoms with van der Waals surface area (Å²) < 4.78 is 7.48. The second kappa shape index (κ2) is 5.39. The summed E-state index contributed by atoms with van der Waals surface area (Å²) in [5.41, 5.74) is 3.59. The van der Waals surface area contributed by atoms with Crippen molar-refractivity contribution in [2.75, 3.05) is 6.61 Å². The monoisotopic (exact) mass is 304 g/mol. The summed E-state index contributed by atoms with van der Waals surface area (Å²) in [6.45, 7) is 2.65. The molecule has 4 heteroatoms. The van der Waals surface area contributed by atoms with E-state index in [0.29, 0.717) is 12.2 Å². The van der Waals surface area contributed by atoms with Crippen molar-refractivity contribution in [2.24, 2.45) is 0 Å². The van der Waals surface area contributed by atoms with E-state index in [0.717, 1.165) is 34.8 Å². The first kappa shape index (κ1) is 13.8. The average Bonchev–Trinajstić information content (AvgIpc) is 3.17. The van der Waals surface area contributed by atoms with Crippen molar-refractivity contribution < 1.29 is 9.53 Å². The number of ether oxygens (including phenoxy) is 1. The van der Waals surface area contributed by atoms with Crippen LogP contribution in [0.15, 0.2) is 48.7 Å². The van der Waals surface area contributed by atoms with Gasteiger partial charge in [0.2, 0.25) is 0 Å². The summed E-state index contributed by atoms with van der Waals surface area (Å²) in [7, 11) is 0. The minimum Gasteiger partial charge on any atom is -0.493 e. The second-order valence-electron chi connectivity index (χ2n) is 5.62. The number of fused-ring (bicyclic) bond motifs is 2. The van der Waals surface area contributed by atoms with Gasteiger partial charge in [-0.1, -0.05) is 6.07 Å². The number of carbonyl (C=O) groups excluding carboxylic acids is 1. The van der Waals surface area contributed by atoms with Crippen LogP contribution in [0, 0.1) is 6.92 Å². The first-order chi connectivity index (χ1) is 11.2. The van der Waals surface area contributed by atoms with Gasteiger partial charge >= 0.3 is 0 Å². The largest absolute Gasteiger partial charge is 0.493 e. The lowest BCUT2D eigenvalue weighted by molar-refractivity contribution is 0.104. The number of hydrogen-bond donors (Lipinski definition) is 0. The molecular weight excluding hydrogens is 288 g/mol. The molecule has 114 valence electrons. The molecule has 1 aliphatic heterocycles. The third-order valence-electron chi connectivity index (χ3n) is 4.12. The molecule has 4 rings (SSSR count). The number of hydrogen-bond acceptors (Lipinski definition) is 3. The second-order valence-corrected chi connectivity index (χ2v) is 5.62. The highest BCUT2D eigenvalue weighted by molar-refractivity contribution is 6.07. The van der Waals surface area contributed by atoms with Gasteiger partial charge in [-0.2, -0.15) is 0 Å². The predicted octanol–water partition coefficient (Wildman–Crippen LogP) is 3.47. The molecule has 0 radical (unpaired) electrons. The lowest BCUT2D eigenvalue weighted by Gasteiger charge is -2.00. The first-order valence-corrected chi connectivity index (χ1v) is 7.64. The highest BCUT2D eigenvalue weighted by Crippen LogP contribution is 2.26. The van der Waals surface area contributed by atoms with Crippen LogP contribution >= 0.6 is 0 Å². The van der Waals surface area contributed by atoms with Gasteiger partial charge in [-0.25, -0.2) is 4.98 Å². The van der Waals surface area contributed by atoms with Crippen LogP contribution < -0.4 is 4.74 Å². The molecule has 0 aliphatic carbocycles. The van der Waals surface area contributed by atoms with Gasteiger partial charge < -0.3 is 9.14 Å². The predicted molar refractivity (Wildman–Crippen MR) is 88.9 cm³/mol. The summed E-state index contributed by atoms with van der Waals surface area (Å²) in [5.74, 6) is 1.78. The minimum atomic E-state index is -0.0190. The van der Waals surface area contributed by atoms with E-state index < -0.39 is 0 Å². The Balaban J connectivity index is 1.64. The number of aromatic nitrogens is 2. The van der Waals surface area contributed by atoms with E-state index >= 15 is 0 Å². The molecule has 3 aromatic rings. The molecule has 3 heterocycles. The SMILES string of the molecule is Cc1nc(C=CC(=O)c2ccc3c(c2)CCO3)c2ccccn12. The number of aryl methyl sites for hydroxylation is 1. The van der Waals surface area contributed by atoms with Crippen molar-refractivity contribution in [1.29, 1.82) is 0 Å². The van der Waals surface area contributed by atoms with Crippen LogP contribution in [0.25, 0.3) is 11.6 Å². The molecule has 0 unspecified atom stereocenters. The molecule has 0 spiro atoms. The number of benzene rings is 1. The zero-order valence-electron chi connectivity index (χ0n) is 12.8. The summed E-state index contributed by atoms with van der Waals surface area (Å²) in [6, 6.07) is 11.5. The van der Waals surface area contributed by atoms with Crippen LogP contribution in [-0.4, -0.2) is 21.8 Å². The highest BCUT2D eigenvalue weighted by Gasteiger charge is 2.14. The average molecular weight is 304 g/mol. The van der Waals surface area contributed by atoms with E-state index in [-0.39, 0.29) is 5.78 Å². The minimum absolute atomic E-state index is 0.0190. The van der Waals surface area contributed by atoms with Gasteiger partial charge in [0.05, 0.1) is 17.8 Å². The Kier molecular flexibility index (Phi) is 3.23. The van der Waals surface area contributed by atoms with Crippen LogP contribution in [0.4, 0.5) is 0 Å². The van der Waals surface area contributed by atoms with Crippen molar-refractivity contribution in [3.63, 3.8) is 0 Å².